The van der Waals surface area contributed by atoms with E-state index in [1.54, 1.807) is 6.20 Å². The van der Waals surface area contributed by atoms with E-state index >= 15 is 0 Å². The van der Waals surface area contributed by atoms with Crippen LogP contribution in [-0.2, 0) is 6.54 Å². The maximum Gasteiger partial charge on any atom is 0.229 e. The van der Waals surface area contributed by atoms with Crippen LogP contribution in [0.4, 0.5) is 0 Å². The maximum absolute atomic E-state index is 5.84. The summed E-state index contributed by atoms with van der Waals surface area (Å²) in [5.74, 6) is 3.33. The van der Waals surface area contributed by atoms with Gasteiger partial charge in [0.05, 0.1) is 18.8 Å². The van der Waals surface area contributed by atoms with Gasteiger partial charge in [-0.3, -0.25) is 5.32 Å². The molecule has 4 rings (SSSR count). The quantitative estimate of drug-likeness (QED) is 0.751. The predicted molar refractivity (Wildman–Crippen MR) is 83.5 cm³/mol. The molecule has 1 aliphatic carbocycles. The van der Waals surface area contributed by atoms with Gasteiger partial charge in [-0.2, -0.15) is 4.98 Å². The smallest absolute Gasteiger partial charge is 0.229 e. The highest BCUT2D eigenvalue weighted by atomic mass is 16.5. The minimum absolute atomic E-state index is 0.0321. The van der Waals surface area contributed by atoms with Crippen molar-refractivity contribution in [1.29, 1.82) is 0 Å². The third kappa shape index (κ3) is 3.17. The Morgan fingerprint density at radius 2 is 2.09 bits per heavy atom. The molecular weight excluding hydrogens is 292 g/mol. The lowest BCUT2D eigenvalue weighted by molar-refractivity contribution is 0.368. The van der Waals surface area contributed by atoms with Gasteiger partial charge in [0.2, 0.25) is 11.8 Å². The van der Waals surface area contributed by atoms with E-state index in [-0.39, 0.29) is 6.04 Å². The van der Waals surface area contributed by atoms with E-state index < -0.39 is 0 Å². The van der Waals surface area contributed by atoms with E-state index in [4.69, 9.17) is 8.94 Å². The third-order valence-corrected chi connectivity index (χ3v) is 3.93. The molecule has 0 amide bonds. The number of rotatable bonds is 6. The summed E-state index contributed by atoms with van der Waals surface area (Å²) in [5, 5.41) is 7.31. The molecule has 3 aromatic rings. The van der Waals surface area contributed by atoms with Crippen LogP contribution in [0.1, 0.15) is 49.3 Å². The van der Waals surface area contributed by atoms with Crippen LogP contribution < -0.4 is 5.32 Å². The summed E-state index contributed by atoms with van der Waals surface area (Å²) in [6, 6.07) is 9.91. The van der Waals surface area contributed by atoms with Crippen molar-refractivity contribution in [3.05, 3.63) is 54.1 Å². The van der Waals surface area contributed by atoms with E-state index in [1.165, 1.54) is 0 Å². The number of hydrogen-bond donors (Lipinski definition) is 1. The summed E-state index contributed by atoms with van der Waals surface area (Å²) in [5.41, 5.74) is 1.02. The van der Waals surface area contributed by atoms with Gasteiger partial charge in [-0.25, -0.2) is 4.98 Å². The van der Waals surface area contributed by atoms with Gasteiger partial charge in [0, 0.05) is 11.5 Å². The molecule has 0 radical (unpaired) electrons. The molecule has 1 saturated carbocycles. The lowest BCUT2D eigenvalue weighted by Crippen LogP contribution is -2.19. The van der Waals surface area contributed by atoms with Gasteiger partial charge >= 0.3 is 0 Å². The normalized spacial score (nSPS) is 15.7. The average molecular weight is 310 g/mol. The Bertz CT molecular complexity index is 777. The van der Waals surface area contributed by atoms with Crippen molar-refractivity contribution in [2.45, 2.75) is 38.3 Å². The Morgan fingerprint density at radius 3 is 2.87 bits per heavy atom. The zero-order valence-corrected chi connectivity index (χ0v) is 12.9. The molecule has 0 unspecified atom stereocenters. The number of aromatic nitrogens is 3. The second-order valence-corrected chi connectivity index (χ2v) is 5.85. The molecule has 2 aromatic heterocycles. The Kier molecular flexibility index (Phi) is 3.67. The van der Waals surface area contributed by atoms with Crippen molar-refractivity contribution in [3.8, 4) is 11.3 Å². The van der Waals surface area contributed by atoms with Crippen LogP contribution in [-0.4, -0.2) is 15.1 Å². The van der Waals surface area contributed by atoms with Crippen molar-refractivity contribution in [2.24, 2.45) is 0 Å². The Morgan fingerprint density at radius 1 is 1.26 bits per heavy atom. The van der Waals surface area contributed by atoms with Crippen LogP contribution in [0, 0.1) is 0 Å². The fourth-order valence-electron chi connectivity index (χ4n) is 2.39. The molecular formula is C17H18N4O2. The molecule has 1 atom stereocenters. The molecule has 6 nitrogen and oxygen atoms in total. The van der Waals surface area contributed by atoms with E-state index in [0.717, 1.165) is 30.1 Å². The summed E-state index contributed by atoms with van der Waals surface area (Å²) >= 11 is 0. The topological polar surface area (TPSA) is 77.0 Å². The van der Waals surface area contributed by atoms with Gasteiger partial charge in [0.15, 0.2) is 11.6 Å². The molecule has 1 aliphatic rings. The van der Waals surface area contributed by atoms with Crippen LogP contribution >= 0.6 is 0 Å². The standard InChI is InChI=1S/C17H18N4O2/c1-11(18-10-15-20-17(23-21-15)13-7-8-13)16-19-9-14(22-16)12-5-3-2-4-6-12/h2-6,9,11,13,18H,7-8,10H2,1H3/t11-/m0/s1. The highest BCUT2D eigenvalue weighted by molar-refractivity contribution is 5.55. The molecule has 2 heterocycles. The predicted octanol–water partition coefficient (Wildman–Crippen LogP) is 3.45. The van der Waals surface area contributed by atoms with Gasteiger partial charge in [-0.05, 0) is 19.8 Å². The Balaban J connectivity index is 1.38. The van der Waals surface area contributed by atoms with Gasteiger partial charge in [-0.15, -0.1) is 0 Å². The summed E-state index contributed by atoms with van der Waals surface area (Å²) in [7, 11) is 0. The molecule has 0 saturated heterocycles. The number of nitrogens with one attached hydrogen (secondary N) is 1. The molecule has 118 valence electrons. The van der Waals surface area contributed by atoms with Crippen molar-refractivity contribution in [1.82, 2.24) is 20.4 Å². The third-order valence-electron chi connectivity index (χ3n) is 3.93. The summed E-state index contributed by atoms with van der Waals surface area (Å²) < 4.78 is 11.1. The zero-order chi connectivity index (χ0) is 15.6. The molecule has 1 N–H and O–H groups in total. The number of nitrogens with zero attached hydrogens (tertiary/aromatic N) is 3. The first-order chi connectivity index (χ1) is 11.3. The van der Waals surface area contributed by atoms with E-state index in [9.17, 15) is 0 Å². The first kappa shape index (κ1) is 14.1. The van der Waals surface area contributed by atoms with Crippen molar-refractivity contribution in [2.75, 3.05) is 0 Å². The van der Waals surface area contributed by atoms with Crippen LogP contribution in [0.3, 0.4) is 0 Å². The molecule has 0 spiro atoms. The first-order valence-electron chi connectivity index (χ1n) is 7.86. The van der Waals surface area contributed by atoms with Crippen molar-refractivity contribution < 1.29 is 8.94 Å². The average Bonchev–Trinajstić information content (AvgIpc) is 3.14. The highest BCUT2D eigenvalue weighted by Crippen LogP contribution is 2.38. The largest absolute Gasteiger partial charge is 0.439 e. The van der Waals surface area contributed by atoms with Crippen LogP contribution in [0.5, 0.6) is 0 Å². The molecule has 1 fully saturated rings. The maximum atomic E-state index is 5.84. The lowest BCUT2D eigenvalue weighted by atomic mass is 10.2. The van der Waals surface area contributed by atoms with E-state index in [1.807, 2.05) is 37.3 Å². The monoisotopic (exact) mass is 310 g/mol. The molecule has 23 heavy (non-hydrogen) atoms. The van der Waals surface area contributed by atoms with Crippen LogP contribution in [0.2, 0.25) is 0 Å². The summed E-state index contributed by atoms with van der Waals surface area (Å²) in [6.07, 6.45) is 4.07. The number of benzene rings is 1. The highest BCUT2D eigenvalue weighted by Gasteiger charge is 2.29. The zero-order valence-electron chi connectivity index (χ0n) is 12.9. The number of hydrogen-bond acceptors (Lipinski definition) is 6. The fraction of sp³-hybridized carbons (Fsp3) is 0.353. The van der Waals surface area contributed by atoms with E-state index in [2.05, 4.69) is 20.4 Å². The minimum Gasteiger partial charge on any atom is -0.439 e. The van der Waals surface area contributed by atoms with Crippen molar-refractivity contribution >= 4 is 0 Å². The van der Waals surface area contributed by atoms with Gasteiger partial charge in [-0.1, -0.05) is 35.5 Å². The van der Waals surface area contributed by atoms with Gasteiger partial charge in [0.1, 0.15) is 0 Å². The van der Waals surface area contributed by atoms with Gasteiger partial charge in [0.25, 0.3) is 0 Å². The van der Waals surface area contributed by atoms with Crippen molar-refractivity contribution in [3.63, 3.8) is 0 Å². The molecule has 0 aliphatic heterocycles. The lowest BCUT2D eigenvalue weighted by Gasteiger charge is -2.07. The first-order valence-corrected chi connectivity index (χ1v) is 7.86. The molecule has 6 heteroatoms. The Hall–Kier alpha value is -2.47. The van der Waals surface area contributed by atoms with E-state index in [0.29, 0.717) is 24.2 Å². The van der Waals surface area contributed by atoms with Gasteiger partial charge < -0.3 is 8.94 Å². The van der Waals surface area contributed by atoms with Crippen LogP contribution in [0.25, 0.3) is 11.3 Å². The summed E-state index contributed by atoms with van der Waals surface area (Å²) in [4.78, 5) is 8.75. The molecule has 0 bridgehead atoms. The fourth-order valence-corrected chi connectivity index (χ4v) is 2.39. The minimum atomic E-state index is -0.0321. The summed E-state index contributed by atoms with van der Waals surface area (Å²) in [6.45, 7) is 2.53. The Labute approximate surface area is 133 Å². The SMILES string of the molecule is C[C@H](NCc1noc(C2CC2)n1)c1ncc(-c2ccccc2)o1. The number of oxazole rings is 1. The van der Waals surface area contributed by atoms with Crippen LogP contribution in [0.15, 0.2) is 45.5 Å². The second kappa shape index (κ2) is 5.96. The second-order valence-electron chi connectivity index (χ2n) is 5.85. The molecule has 1 aromatic carbocycles.